The zero-order chi connectivity index (χ0) is 9.90. The van der Waals surface area contributed by atoms with Crippen LogP contribution in [-0.2, 0) is 0 Å². The van der Waals surface area contributed by atoms with Gasteiger partial charge in [-0.1, -0.05) is 19.8 Å². The maximum Gasteiger partial charge on any atom is 0.117 e. The highest BCUT2D eigenvalue weighted by Crippen LogP contribution is 2.38. The summed E-state index contributed by atoms with van der Waals surface area (Å²) >= 11 is 0. The maximum absolute atomic E-state index is 5.51. The molecule has 0 aliphatic heterocycles. The van der Waals surface area contributed by atoms with Gasteiger partial charge in [-0.3, -0.25) is 4.99 Å². The maximum atomic E-state index is 5.51. The fraction of sp³-hybridized carbons (Fsp3) is 0.900. The zero-order valence-corrected chi connectivity index (χ0v) is 8.93. The van der Waals surface area contributed by atoms with Gasteiger partial charge in [-0.05, 0) is 26.7 Å². The lowest BCUT2D eigenvalue weighted by molar-refractivity contribution is 0.466. The molecule has 3 heteroatoms. The van der Waals surface area contributed by atoms with Gasteiger partial charge in [-0.15, -0.1) is 0 Å². The third-order valence-electron chi connectivity index (χ3n) is 2.80. The monoisotopic (exact) mass is 183 g/mol. The summed E-state index contributed by atoms with van der Waals surface area (Å²) in [4.78, 5) is 4.53. The average molecular weight is 183 g/mol. The zero-order valence-electron chi connectivity index (χ0n) is 8.93. The van der Waals surface area contributed by atoms with Crippen LogP contribution in [0.5, 0.6) is 0 Å². The first kappa shape index (κ1) is 10.5. The molecule has 0 spiro atoms. The normalized spacial score (nSPS) is 22.4. The predicted octanol–water partition coefficient (Wildman–Crippen LogP) is 1.84. The molecular formula is C10H21N3. The largest absolute Gasteiger partial charge is 0.312 e. The van der Waals surface area contributed by atoms with Crippen LogP contribution in [0.15, 0.2) is 4.99 Å². The summed E-state index contributed by atoms with van der Waals surface area (Å²) in [6.45, 7) is 6.41. The molecule has 1 aliphatic carbocycles. The van der Waals surface area contributed by atoms with Gasteiger partial charge in [-0.25, -0.2) is 5.84 Å². The van der Waals surface area contributed by atoms with Gasteiger partial charge in [0.2, 0.25) is 0 Å². The van der Waals surface area contributed by atoms with Crippen molar-refractivity contribution in [3.05, 3.63) is 0 Å². The molecule has 0 unspecified atom stereocenters. The fourth-order valence-corrected chi connectivity index (χ4v) is 2.02. The van der Waals surface area contributed by atoms with E-state index in [9.17, 15) is 0 Å². The van der Waals surface area contributed by atoms with Gasteiger partial charge in [0.1, 0.15) is 5.84 Å². The Balaban J connectivity index is 2.75. The molecule has 1 saturated carbocycles. The van der Waals surface area contributed by atoms with Gasteiger partial charge in [0, 0.05) is 11.5 Å². The van der Waals surface area contributed by atoms with E-state index in [1.54, 1.807) is 0 Å². The van der Waals surface area contributed by atoms with Crippen molar-refractivity contribution in [2.24, 2.45) is 16.3 Å². The summed E-state index contributed by atoms with van der Waals surface area (Å²) in [6, 6.07) is 0.323. The van der Waals surface area contributed by atoms with E-state index in [0.717, 1.165) is 5.84 Å². The topological polar surface area (TPSA) is 50.4 Å². The van der Waals surface area contributed by atoms with Gasteiger partial charge in [-0.2, -0.15) is 0 Å². The number of hydrazine groups is 1. The molecule has 0 aromatic heterocycles. The van der Waals surface area contributed by atoms with E-state index in [1.165, 1.54) is 25.7 Å². The number of hydrogen-bond donors (Lipinski definition) is 2. The molecule has 0 bridgehead atoms. The summed E-state index contributed by atoms with van der Waals surface area (Å²) in [7, 11) is 0. The van der Waals surface area contributed by atoms with Crippen LogP contribution in [0.25, 0.3) is 0 Å². The highest BCUT2D eigenvalue weighted by molar-refractivity contribution is 5.87. The van der Waals surface area contributed by atoms with Crippen LogP contribution in [0.4, 0.5) is 0 Å². The Hall–Kier alpha value is -0.570. The molecule has 0 aromatic rings. The van der Waals surface area contributed by atoms with Crippen LogP contribution in [0.1, 0.15) is 46.5 Å². The van der Waals surface area contributed by atoms with E-state index in [1.807, 2.05) is 0 Å². The summed E-state index contributed by atoms with van der Waals surface area (Å²) in [6.07, 6.45) is 5.02. The molecule has 0 amide bonds. The minimum atomic E-state index is 0.207. The summed E-state index contributed by atoms with van der Waals surface area (Å²) in [5, 5.41) is 0. The molecule has 1 fully saturated rings. The molecular weight excluding hydrogens is 162 g/mol. The molecule has 76 valence electrons. The lowest BCUT2D eigenvalue weighted by Crippen LogP contribution is -2.42. The lowest BCUT2D eigenvalue weighted by atomic mass is 9.87. The minimum absolute atomic E-state index is 0.207. The van der Waals surface area contributed by atoms with E-state index >= 15 is 0 Å². The first-order valence-corrected chi connectivity index (χ1v) is 5.13. The van der Waals surface area contributed by atoms with E-state index < -0.39 is 0 Å². The van der Waals surface area contributed by atoms with Gasteiger partial charge in [0.05, 0.1) is 0 Å². The standard InChI is InChI=1S/C10H21N3/c1-8(2)12-9(13-11)10(3)6-4-5-7-10/h8H,4-7,11H2,1-3H3,(H,12,13). The van der Waals surface area contributed by atoms with Crippen LogP contribution in [0.2, 0.25) is 0 Å². The van der Waals surface area contributed by atoms with Crippen molar-refractivity contribution in [3.63, 3.8) is 0 Å². The van der Waals surface area contributed by atoms with Crippen LogP contribution < -0.4 is 11.3 Å². The van der Waals surface area contributed by atoms with Crippen molar-refractivity contribution >= 4 is 5.84 Å². The fourth-order valence-electron chi connectivity index (χ4n) is 2.02. The predicted molar refractivity (Wildman–Crippen MR) is 56.5 cm³/mol. The number of aliphatic imine (C=N–C) groups is 1. The summed E-state index contributed by atoms with van der Waals surface area (Å²) < 4.78 is 0. The molecule has 0 radical (unpaired) electrons. The Morgan fingerprint density at radius 1 is 1.38 bits per heavy atom. The molecule has 3 N–H and O–H groups in total. The second-order valence-electron chi connectivity index (χ2n) is 4.48. The molecule has 1 aliphatic rings. The Morgan fingerprint density at radius 3 is 2.31 bits per heavy atom. The number of hydrogen-bond acceptors (Lipinski definition) is 2. The summed E-state index contributed by atoms with van der Waals surface area (Å²) in [5.41, 5.74) is 2.97. The first-order valence-electron chi connectivity index (χ1n) is 5.13. The molecule has 0 heterocycles. The van der Waals surface area contributed by atoms with Crippen LogP contribution in [0.3, 0.4) is 0 Å². The quantitative estimate of drug-likeness (QED) is 0.297. The Kier molecular flexibility index (Phi) is 3.31. The molecule has 13 heavy (non-hydrogen) atoms. The van der Waals surface area contributed by atoms with Gasteiger partial charge in [0.25, 0.3) is 0 Å². The molecule has 1 rings (SSSR count). The van der Waals surface area contributed by atoms with E-state index in [2.05, 4.69) is 31.2 Å². The van der Waals surface area contributed by atoms with E-state index in [-0.39, 0.29) is 5.41 Å². The van der Waals surface area contributed by atoms with Gasteiger partial charge < -0.3 is 5.43 Å². The SMILES string of the molecule is CC(C)N=C(NN)C1(C)CCCC1. The van der Waals surface area contributed by atoms with Crippen LogP contribution in [-0.4, -0.2) is 11.9 Å². The summed E-state index contributed by atoms with van der Waals surface area (Å²) in [5.74, 6) is 6.49. The van der Waals surface area contributed by atoms with Crippen molar-refractivity contribution in [2.45, 2.75) is 52.5 Å². The number of nitrogens with zero attached hydrogens (tertiary/aromatic N) is 1. The molecule has 3 nitrogen and oxygen atoms in total. The van der Waals surface area contributed by atoms with Crippen molar-refractivity contribution in [1.82, 2.24) is 5.43 Å². The lowest BCUT2D eigenvalue weighted by Gasteiger charge is -2.25. The number of nitrogens with one attached hydrogen (secondary N) is 1. The van der Waals surface area contributed by atoms with Crippen LogP contribution >= 0.6 is 0 Å². The average Bonchev–Trinajstić information content (AvgIpc) is 2.48. The molecule has 0 aromatic carbocycles. The Bertz CT molecular complexity index is 190. The second kappa shape index (κ2) is 4.09. The van der Waals surface area contributed by atoms with Crippen molar-refractivity contribution < 1.29 is 0 Å². The second-order valence-corrected chi connectivity index (χ2v) is 4.48. The molecule has 0 atom stereocenters. The number of nitrogens with two attached hydrogens (primary N) is 1. The van der Waals surface area contributed by atoms with Crippen molar-refractivity contribution in [3.8, 4) is 0 Å². The first-order chi connectivity index (χ1) is 6.08. The third-order valence-corrected chi connectivity index (χ3v) is 2.80. The Morgan fingerprint density at radius 2 is 1.92 bits per heavy atom. The third kappa shape index (κ3) is 2.44. The van der Waals surface area contributed by atoms with E-state index in [0.29, 0.717) is 6.04 Å². The van der Waals surface area contributed by atoms with Crippen molar-refractivity contribution in [2.75, 3.05) is 0 Å². The minimum Gasteiger partial charge on any atom is -0.312 e. The van der Waals surface area contributed by atoms with Gasteiger partial charge >= 0.3 is 0 Å². The highest BCUT2D eigenvalue weighted by Gasteiger charge is 2.33. The highest BCUT2D eigenvalue weighted by atomic mass is 15.3. The van der Waals surface area contributed by atoms with E-state index in [4.69, 9.17) is 5.84 Å². The van der Waals surface area contributed by atoms with Gasteiger partial charge in [0.15, 0.2) is 0 Å². The number of amidine groups is 1. The smallest absolute Gasteiger partial charge is 0.117 e. The van der Waals surface area contributed by atoms with Crippen molar-refractivity contribution in [1.29, 1.82) is 0 Å². The molecule has 0 saturated heterocycles. The number of rotatable bonds is 2. The Labute approximate surface area is 80.8 Å². The van der Waals surface area contributed by atoms with Crippen LogP contribution in [0, 0.1) is 5.41 Å².